The zero-order valence-corrected chi connectivity index (χ0v) is 12.6. The average Bonchev–Trinajstić information content (AvgIpc) is 2.79. The maximum Gasteiger partial charge on any atom is 0.327 e. The van der Waals surface area contributed by atoms with Gasteiger partial charge in [0.15, 0.2) is 0 Å². The summed E-state index contributed by atoms with van der Waals surface area (Å²) >= 11 is 3.07. The monoisotopic (exact) mass is 299 g/mol. The zero-order chi connectivity index (χ0) is 14.0. The van der Waals surface area contributed by atoms with Crippen LogP contribution < -0.4 is 0 Å². The van der Waals surface area contributed by atoms with Crippen LogP contribution in [0.5, 0.6) is 0 Å². The summed E-state index contributed by atoms with van der Waals surface area (Å²) in [5, 5.41) is 9.21. The molecule has 104 valence electrons. The van der Waals surface area contributed by atoms with Crippen molar-refractivity contribution in [2.24, 2.45) is 0 Å². The van der Waals surface area contributed by atoms with Gasteiger partial charge >= 0.3 is 5.97 Å². The van der Waals surface area contributed by atoms with E-state index in [0.717, 1.165) is 17.7 Å². The van der Waals surface area contributed by atoms with Crippen molar-refractivity contribution in [2.75, 3.05) is 18.1 Å². The SMILES string of the molecule is CCc1sc(C(=O)N2CCSCC2C(=O)O)cc1C. The summed E-state index contributed by atoms with van der Waals surface area (Å²) in [4.78, 5) is 27.0. The van der Waals surface area contributed by atoms with Gasteiger partial charge in [-0.1, -0.05) is 6.92 Å². The molecule has 1 aliphatic heterocycles. The Labute approximate surface area is 120 Å². The van der Waals surface area contributed by atoms with E-state index in [2.05, 4.69) is 6.92 Å². The van der Waals surface area contributed by atoms with E-state index in [9.17, 15) is 14.7 Å². The number of hydrogen-bond acceptors (Lipinski definition) is 4. The minimum Gasteiger partial charge on any atom is -0.480 e. The molecule has 0 aliphatic carbocycles. The van der Waals surface area contributed by atoms with Crippen LogP contribution in [-0.2, 0) is 11.2 Å². The average molecular weight is 299 g/mol. The summed E-state index contributed by atoms with van der Waals surface area (Å²) in [7, 11) is 0. The van der Waals surface area contributed by atoms with E-state index in [1.54, 1.807) is 11.8 Å². The molecule has 0 spiro atoms. The third-order valence-electron chi connectivity index (χ3n) is 3.23. The smallest absolute Gasteiger partial charge is 0.327 e. The Kier molecular flexibility index (Phi) is 4.52. The highest BCUT2D eigenvalue weighted by molar-refractivity contribution is 7.99. The first-order chi connectivity index (χ1) is 9.04. The number of thioether (sulfide) groups is 1. The Morgan fingerprint density at radius 2 is 2.26 bits per heavy atom. The molecule has 6 heteroatoms. The minimum absolute atomic E-state index is 0.138. The number of carboxylic acids is 1. The van der Waals surface area contributed by atoms with Crippen LogP contribution in [0.25, 0.3) is 0 Å². The number of hydrogen-bond donors (Lipinski definition) is 1. The number of carbonyl (C=O) groups excluding carboxylic acids is 1. The second kappa shape index (κ2) is 5.96. The molecule has 1 N–H and O–H groups in total. The predicted molar refractivity (Wildman–Crippen MR) is 78.2 cm³/mol. The molecule has 0 saturated carbocycles. The summed E-state index contributed by atoms with van der Waals surface area (Å²) < 4.78 is 0. The summed E-state index contributed by atoms with van der Waals surface area (Å²) in [6, 6.07) is 1.19. The van der Waals surface area contributed by atoms with E-state index in [-0.39, 0.29) is 5.91 Å². The molecular formula is C13H17NO3S2. The third-order valence-corrected chi connectivity index (χ3v) is 5.62. The Balaban J connectivity index is 2.23. The van der Waals surface area contributed by atoms with Crippen molar-refractivity contribution in [3.63, 3.8) is 0 Å². The van der Waals surface area contributed by atoms with Crippen molar-refractivity contribution in [2.45, 2.75) is 26.3 Å². The van der Waals surface area contributed by atoms with Crippen molar-refractivity contribution < 1.29 is 14.7 Å². The molecule has 1 aromatic heterocycles. The fraction of sp³-hybridized carbons (Fsp3) is 0.538. The van der Waals surface area contributed by atoms with Crippen molar-refractivity contribution in [3.05, 3.63) is 21.4 Å². The van der Waals surface area contributed by atoms with Crippen molar-refractivity contribution in [1.82, 2.24) is 4.90 Å². The zero-order valence-electron chi connectivity index (χ0n) is 11.0. The fourth-order valence-electron chi connectivity index (χ4n) is 2.17. The molecule has 0 radical (unpaired) electrons. The van der Waals surface area contributed by atoms with Crippen LogP contribution in [0, 0.1) is 6.92 Å². The van der Waals surface area contributed by atoms with Gasteiger partial charge < -0.3 is 10.0 Å². The second-order valence-corrected chi connectivity index (χ2v) is 6.78. The number of carboxylic acid groups (broad SMARTS) is 1. The maximum absolute atomic E-state index is 12.5. The van der Waals surface area contributed by atoms with Crippen LogP contribution >= 0.6 is 23.1 Å². The first kappa shape index (κ1) is 14.4. The van der Waals surface area contributed by atoms with Crippen LogP contribution in [0.2, 0.25) is 0 Å². The molecule has 4 nitrogen and oxygen atoms in total. The topological polar surface area (TPSA) is 57.6 Å². The van der Waals surface area contributed by atoms with Gasteiger partial charge in [-0.05, 0) is 25.0 Å². The van der Waals surface area contributed by atoms with Crippen molar-refractivity contribution >= 4 is 35.0 Å². The normalized spacial score (nSPS) is 19.5. The number of rotatable bonds is 3. The van der Waals surface area contributed by atoms with Gasteiger partial charge in [-0.2, -0.15) is 11.8 Å². The second-order valence-electron chi connectivity index (χ2n) is 4.50. The van der Waals surface area contributed by atoms with Crippen molar-refractivity contribution in [3.8, 4) is 0 Å². The molecule has 0 bridgehead atoms. The lowest BCUT2D eigenvalue weighted by atomic mass is 10.2. The summed E-state index contributed by atoms with van der Waals surface area (Å²) in [6.45, 7) is 4.57. The largest absolute Gasteiger partial charge is 0.480 e. The van der Waals surface area contributed by atoms with Crippen LogP contribution in [-0.4, -0.2) is 46.0 Å². The fourth-order valence-corrected chi connectivity index (χ4v) is 4.28. The molecular weight excluding hydrogens is 282 g/mol. The quantitative estimate of drug-likeness (QED) is 0.930. The van der Waals surface area contributed by atoms with Gasteiger partial charge in [0.25, 0.3) is 5.91 Å². The highest BCUT2D eigenvalue weighted by Gasteiger charge is 2.33. The summed E-state index contributed by atoms with van der Waals surface area (Å²) in [5.41, 5.74) is 1.12. The lowest BCUT2D eigenvalue weighted by Gasteiger charge is -2.32. The third kappa shape index (κ3) is 2.95. The van der Waals surface area contributed by atoms with Crippen LogP contribution in [0.3, 0.4) is 0 Å². The lowest BCUT2D eigenvalue weighted by molar-refractivity contribution is -0.141. The van der Waals surface area contributed by atoms with E-state index < -0.39 is 12.0 Å². The minimum atomic E-state index is -0.912. The van der Waals surface area contributed by atoms with Gasteiger partial charge in [0.2, 0.25) is 0 Å². The number of nitrogens with zero attached hydrogens (tertiary/aromatic N) is 1. The molecule has 2 heterocycles. The van der Waals surface area contributed by atoms with E-state index in [1.165, 1.54) is 21.1 Å². The van der Waals surface area contributed by atoms with Gasteiger partial charge in [-0.25, -0.2) is 4.79 Å². The molecule has 1 unspecified atom stereocenters. The molecule has 1 amide bonds. The lowest BCUT2D eigenvalue weighted by Crippen LogP contribution is -2.50. The Bertz CT molecular complexity index is 498. The standard InChI is InChI=1S/C13H17NO3S2/c1-3-10-8(2)6-11(19-10)12(15)14-4-5-18-7-9(14)13(16)17/h6,9H,3-5,7H2,1-2H3,(H,16,17). The molecule has 1 aromatic rings. The maximum atomic E-state index is 12.5. The first-order valence-electron chi connectivity index (χ1n) is 6.25. The van der Waals surface area contributed by atoms with E-state index in [0.29, 0.717) is 17.2 Å². The predicted octanol–water partition coefficient (Wildman–Crippen LogP) is 2.26. The van der Waals surface area contributed by atoms with Gasteiger partial charge in [0, 0.05) is 22.9 Å². The molecule has 0 aromatic carbocycles. The summed E-state index contributed by atoms with van der Waals surface area (Å²) in [6.07, 6.45) is 0.905. The molecule has 1 aliphatic rings. The van der Waals surface area contributed by atoms with Crippen LogP contribution in [0.15, 0.2) is 6.07 Å². The first-order valence-corrected chi connectivity index (χ1v) is 8.22. The summed E-state index contributed by atoms with van der Waals surface area (Å²) in [5.74, 6) is 0.233. The number of aryl methyl sites for hydroxylation is 2. The van der Waals surface area contributed by atoms with Crippen LogP contribution in [0.4, 0.5) is 0 Å². The molecule has 1 saturated heterocycles. The van der Waals surface area contributed by atoms with E-state index >= 15 is 0 Å². The van der Waals surface area contributed by atoms with Gasteiger partial charge in [0.1, 0.15) is 6.04 Å². The van der Waals surface area contributed by atoms with E-state index in [1.807, 2.05) is 13.0 Å². The van der Waals surface area contributed by atoms with Gasteiger partial charge in [-0.15, -0.1) is 11.3 Å². The van der Waals surface area contributed by atoms with Crippen molar-refractivity contribution in [1.29, 1.82) is 0 Å². The van der Waals surface area contributed by atoms with E-state index in [4.69, 9.17) is 0 Å². The molecule has 19 heavy (non-hydrogen) atoms. The highest BCUT2D eigenvalue weighted by atomic mass is 32.2. The van der Waals surface area contributed by atoms with Gasteiger partial charge in [-0.3, -0.25) is 4.79 Å². The molecule has 1 atom stereocenters. The number of carbonyl (C=O) groups is 2. The molecule has 2 rings (SSSR count). The Morgan fingerprint density at radius 3 is 2.84 bits per heavy atom. The Morgan fingerprint density at radius 1 is 1.53 bits per heavy atom. The number of aliphatic carboxylic acids is 1. The number of amides is 1. The molecule has 1 fully saturated rings. The highest BCUT2D eigenvalue weighted by Crippen LogP contribution is 2.26. The number of thiophene rings is 1. The van der Waals surface area contributed by atoms with Gasteiger partial charge in [0.05, 0.1) is 4.88 Å². The Hall–Kier alpha value is -1.01. The van der Waals surface area contributed by atoms with Crippen LogP contribution in [0.1, 0.15) is 27.0 Å².